The summed E-state index contributed by atoms with van der Waals surface area (Å²) >= 11 is 0. The molecule has 0 aliphatic carbocycles. The van der Waals surface area contributed by atoms with Crippen LogP contribution in [0.15, 0.2) is 24.3 Å². The topological polar surface area (TPSA) is 72.5 Å². The summed E-state index contributed by atoms with van der Waals surface area (Å²) in [5, 5.41) is 10.6. The summed E-state index contributed by atoms with van der Waals surface area (Å²) < 4.78 is 18.6. The maximum absolute atomic E-state index is 13.1. The van der Waals surface area contributed by atoms with Crippen LogP contribution in [0.5, 0.6) is 0 Å². The number of halogens is 1. The lowest BCUT2D eigenvalue weighted by Crippen LogP contribution is -2.52. The number of unbranched alkanes of at least 4 members (excludes halogenated alkanes) is 5. The molecule has 154 valence electrons. The van der Waals surface area contributed by atoms with E-state index in [4.69, 9.17) is 10.5 Å². The molecule has 2 unspecified atom stereocenters. The minimum atomic E-state index is -1.27. The van der Waals surface area contributed by atoms with Gasteiger partial charge in [-0.1, -0.05) is 57.6 Å². The predicted octanol–water partition coefficient (Wildman–Crippen LogP) is 5.04. The fourth-order valence-electron chi connectivity index (χ4n) is 3.04. The first-order valence-corrected chi connectivity index (χ1v) is 10.0. The van der Waals surface area contributed by atoms with Gasteiger partial charge in [0.1, 0.15) is 17.0 Å². The van der Waals surface area contributed by atoms with Crippen molar-refractivity contribution in [3.63, 3.8) is 0 Å². The summed E-state index contributed by atoms with van der Waals surface area (Å²) in [6.07, 6.45) is 6.02. The van der Waals surface area contributed by atoms with Gasteiger partial charge in [-0.2, -0.15) is 0 Å². The second kappa shape index (κ2) is 10.8. The summed E-state index contributed by atoms with van der Waals surface area (Å²) in [5.74, 6) is -0.867. The van der Waals surface area contributed by atoms with Crippen molar-refractivity contribution >= 4 is 5.97 Å². The first-order valence-electron chi connectivity index (χ1n) is 10.0. The third-order valence-electron chi connectivity index (χ3n) is 4.59. The Labute approximate surface area is 163 Å². The van der Waals surface area contributed by atoms with E-state index < -0.39 is 23.2 Å². The molecule has 4 nitrogen and oxygen atoms in total. The number of carbonyl (C=O) groups is 1. The lowest BCUT2D eigenvalue weighted by Gasteiger charge is -2.33. The smallest absolute Gasteiger partial charge is 0.326 e. The van der Waals surface area contributed by atoms with Crippen molar-refractivity contribution in [2.24, 2.45) is 5.73 Å². The van der Waals surface area contributed by atoms with E-state index in [1.807, 2.05) is 0 Å². The minimum absolute atomic E-state index is 0.0442. The third kappa shape index (κ3) is 8.85. The Morgan fingerprint density at radius 1 is 1.11 bits per heavy atom. The Balaban J connectivity index is 2.79. The van der Waals surface area contributed by atoms with Crippen LogP contribution in [0.4, 0.5) is 4.39 Å². The third-order valence-corrected chi connectivity index (χ3v) is 4.59. The molecule has 3 N–H and O–H groups in total. The highest BCUT2D eigenvalue weighted by Crippen LogP contribution is 2.29. The van der Waals surface area contributed by atoms with Gasteiger partial charge < -0.3 is 15.6 Å². The number of hydrogen-bond donors (Lipinski definition) is 2. The number of benzene rings is 1. The van der Waals surface area contributed by atoms with E-state index in [2.05, 4.69) is 6.92 Å². The molecule has 0 aromatic heterocycles. The van der Waals surface area contributed by atoms with Crippen molar-refractivity contribution in [3.05, 3.63) is 35.6 Å². The fourth-order valence-corrected chi connectivity index (χ4v) is 3.04. The number of hydrogen-bond acceptors (Lipinski definition) is 4. The van der Waals surface area contributed by atoms with Crippen molar-refractivity contribution in [1.82, 2.24) is 0 Å². The summed E-state index contributed by atoms with van der Waals surface area (Å²) in [6.45, 7) is 7.57. The van der Waals surface area contributed by atoms with Crippen molar-refractivity contribution in [2.75, 3.05) is 0 Å². The minimum Gasteiger partial charge on any atom is -0.459 e. The lowest BCUT2D eigenvalue weighted by atomic mass is 9.85. The molecule has 0 bridgehead atoms. The molecular formula is C22H36FNO3. The van der Waals surface area contributed by atoms with E-state index in [0.29, 0.717) is 12.0 Å². The van der Waals surface area contributed by atoms with Gasteiger partial charge in [-0.25, -0.2) is 4.39 Å². The number of nitrogens with two attached hydrogens (primary N) is 1. The summed E-state index contributed by atoms with van der Waals surface area (Å²) in [4.78, 5) is 12.7. The maximum atomic E-state index is 13.1. The number of aliphatic hydroxyl groups excluding tert-OH is 1. The first-order chi connectivity index (χ1) is 12.6. The molecule has 0 spiro atoms. The van der Waals surface area contributed by atoms with E-state index in [0.717, 1.165) is 19.3 Å². The molecule has 0 heterocycles. The molecule has 1 aromatic rings. The number of ether oxygens (including phenoxy) is 1. The van der Waals surface area contributed by atoms with E-state index in [1.54, 1.807) is 20.8 Å². The second-order valence-corrected chi connectivity index (χ2v) is 8.45. The SMILES string of the molecule is CCCCCCCCC(N)(CC(O)c1ccc(F)cc1)C(=O)OC(C)(C)C. The Kier molecular flexibility index (Phi) is 9.40. The van der Waals surface area contributed by atoms with Gasteiger partial charge in [-0.05, 0) is 44.9 Å². The highest BCUT2D eigenvalue weighted by atomic mass is 19.1. The summed E-state index contributed by atoms with van der Waals surface area (Å²) in [5.41, 5.74) is 5.07. The standard InChI is InChI=1S/C22H36FNO3/c1-5-6-7-8-9-10-15-22(24,20(26)27-21(2,3)4)16-19(25)17-11-13-18(23)14-12-17/h11-14,19,25H,5-10,15-16,24H2,1-4H3. The molecule has 0 saturated heterocycles. The van der Waals surface area contributed by atoms with Crippen LogP contribution in [0, 0.1) is 5.82 Å². The lowest BCUT2D eigenvalue weighted by molar-refractivity contribution is -0.163. The Hall–Kier alpha value is -1.46. The average molecular weight is 382 g/mol. The van der Waals surface area contributed by atoms with Crippen molar-refractivity contribution < 1.29 is 19.0 Å². The highest BCUT2D eigenvalue weighted by Gasteiger charge is 2.39. The van der Waals surface area contributed by atoms with Gasteiger partial charge in [0.05, 0.1) is 6.10 Å². The van der Waals surface area contributed by atoms with Gasteiger partial charge in [0, 0.05) is 6.42 Å². The summed E-state index contributed by atoms with van der Waals surface area (Å²) in [6, 6.07) is 5.61. The van der Waals surface area contributed by atoms with E-state index in [9.17, 15) is 14.3 Å². The van der Waals surface area contributed by atoms with Gasteiger partial charge in [0.25, 0.3) is 0 Å². The van der Waals surface area contributed by atoms with Crippen LogP contribution in [-0.2, 0) is 9.53 Å². The van der Waals surface area contributed by atoms with Gasteiger partial charge in [0.15, 0.2) is 0 Å². The van der Waals surface area contributed by atoms with Crippen LogP contribution in [0.1, 0.15) is 90.7 Å². The monoisotopic (exact) mass is 381 g/mol. The molecule has 0 fully saturated rings. The van der Waals surface area contributed by atoms with Gasteiger partial charge in [-0.3, -0.25) is 4.79 Å². The Bertz CT molecular complexity index is 568. The fraction of sp³-hybridized carbons (Fsp3) is 0.682. The van der Waals surface area contributed by atoms with E-state index in [-0.39, 0.29) is 12.2 Å². The average Bonchev–Trinajstić information content (AvgIpc) is 2.57. The van der Waals surface area contributed by atoms with Crippen LogP contribution in [0.2, 0.25) is 0 Å². The molecule has 0 aliphatic heterocycles. The Morgan fingerprint density at radius 2 is 1.67 bits per heavy atom. The zero-order valence-electron chi connectivity index (χ0n) is 17.3. The van der Waals surface area contributed by atoms with Crippen molar-refractivity contribution in [3.8, 4) is 0 Å². The van der Waals surface area contributed by atoms with Crippen LogP contribution < -0.4 is 5.73 Å². The number of carbonyl (C=O) groups excluding carboxylic acids is 1. The normalized spacial score (nSPS) is 15.2. The van der Waals surface area contributed by atoms with Crippen LogP contribution >= 0.6 is 0 Å². The zero-order chi connectivity index (χ0) is 20.5. The Morgan fingerprint density at radius 3 is 2.22 bits per heavy atom. The van der Waals surface area contributed by atoms with Crippen LogP contribution in [0.25, 0.3) is 0 Å². The van der Waals surface area contributed by atoms with Crippen LogP contribution in [-0.4, -0.2) is 22.2 Å². The number of aliphatic hydroxyl groups is 1. The van der Waals surface area contributed by atoms with Gasteiger partial charge in [-0.15, -0.1) is 0 Å². The molecule has 2 atom stereocenters. The maximum Gasteiger partial charge on any atom is 0.326 e. The number of esters is 1. The molecule has 0 aliphatic rings. The molecule has 27 heavy (non-hydrogen) atoms. The quantitative estimate of drug-likeness (QED) is 0.416. The summed E-state index contributed by atoms with van der Waals surface area (Å²) in [7, 11) is 0. The molecule has 0 saturated carbocycles. The van der Waals surface area contributed by atoms with E-state index in [1.165, 1.54) is 43.5 Å². The van der Waals surface area contributed by atoms with Crippen molar-refractivity contribution in [2.45, 2.75) is 96.3 Å². The molecule has 0 radical (unpaired) electrons. The second-order valence-electron chi connectivity index (χ2n) is 8.45. The molecule has 0 amide bonds. The largest absolute Gasteiger partial charge is 0.459 e. The highest BCUT2D eigenvalue weighted by molar-refractivity contribution is 5.81. The predicted molar refractivity (Wildman–Crippen MR) is 107 cm³/mol. The molecule has 1 aromatic carbocycles. The van der Waals surface area contributed by atoms with Gasteiger partial charge in [0.2, 0.25) is 0 Å². The van der Waals surface area contributed by atoms with Gasteiger partial charge >= 0.3 is 5.97 Å². The molecule has 5 heteroatoms. The van der Waals surface area contributed by atoms with Crippen molar-refractivity contribution in [1.29, 1.82) is 0 Å². The van der Waals surface area contributed by atoms with Crippen LogP contribution in [0.3, 0.4) is 0 Å². The van der Waals surface area contributed by atoms with E-state index >= 15 is 0 Å². The molecule has 1 rings (SSSR count). The number of rotatable bonds is 11. The zero-order valence-corrected chi connectivity index (χ0v) is 17.3. The first kappa shape index (κ1) is 23.6. The molecular weight excluding hydrogens is 345 g/mol.